The van der Waals surface area contributed by atoms with Crippen molar-refractivity contribution < 1.29 is 9.59 Å². The first kappa shape index (κ1) is 17.1. The summed E-state index contributed by atoms with van der Waals surface area (Å²) in [4.78, 5) is 31.9. The van der Waals surface area contributed by atoms with Gasteiger partial charge in [-0.05, 0) is 24.6 Å². The molecule has 0 unspecified atom stereocenters. The predicted octanol–water partition coefficient (Wildman–Crippen LogP) is 1.54. The number of rotatable bonds is 6. The molecule has 1 aromatic heterocycles. The Bertz CT molecular complexity index is 698. The average molecular weight is 338 g/mol. The molecule has 2 rings (SSSR count). The van der Waals surface area contributed by atoms with E-state index >= 15 is 0 Å². The third-order valence-corrected chi connectivity index (χ3v) is 3.45. The van der Waals surface area contributed by atoms with Gasteiger partial charge in [-0.15, -0.1) is 0 Å². The van der Waals surface area contributed by atoms with Crippen LogP contribution in [0.5, 0.6) is 0 Å². The lowest BCUT2D eigenvalue weighted by atomic mass is 10.3. The second kappa shape index (κ2) is 7.82. The molecule has 23 heavy (non-hydrogen) atoms. The summed E-state index contributed by atoms with van der Waals surface area (Å²) in [6.45, 7) is 0.495. The third kappa shape index (κ3) is 5.14. The predicted molar refractivity (Wildman–Crippen MR) is 89.5 cm³/mol. The fourth-order valence-corrected chi connectivity index (χ4v) is 2.19. The molecule has 0 aliphatic carbocycles. The van der Waals surface area contributed by atoms with Gasteiger partial charge in [-0.1, -0.05) is 11.6 Å². The first-order chi connectivity index (χ1) is 11.0. The number of nitrogens with one attached hydrogen (secondary N) is 3. The molecule has 0 radical (unpaired) electrons. The van der Waals surface area contributed by atoms with Gasteiger partial charge >= 0.3 is 6.03 Å². The SMILES string of the molecule is CN(C)C(=O)NCC(=O)NCCCc1nc2ccc(Cl)cc2[nH]1. The smallest absolute Gasteiger partial charge is 0.317 e. The van der Waals surface area contributed by atoms with Crippen LogP contribution in [0.15, 0.2) is 18.2 Å². The number of halogens is 1. The summed E-state index contributed by atoms with van der Waals surface area (Å²) in [7, 11) is 3.24. The fraction of sp³-hybridized carbons (Fsp3) is 0.400. The number of benzene rings is 1. The number of aromatic nitrogens is 2. The van der Waals surface area contributed by atoms with Crippen LogP contribution in [-0.2, 0) is 11.2 Å². The molecule has 0 fully saturated rings. The first-order valence-electron chi connectivity index (χ1n) is 7.31. The first-order valence-corrected chi connectivity index (χ1v) is 7.69. The van der Waals surface area contributed by atoms with Crippen molar-refractivity contribution in [2.24, 2.45) is 0 Å². The Labute approximate surface area is 139 Å². The maximum Gasteiger partial charge on any atom is 0.317 e. The van der Waals surface area contributed by atoms with Gasteiger partial charge in [0, 0.05) is 32.1 Å². The zero-order chi connectivity index (χ0) is 16.8. The molecule has 3 amide bonds. The average Bonchev–Trinajstić information content (AvgIpc) is 2.90. The molecule has 0 bridgehead atoms. The van der Waals surface area contributed by atoms with Crippen molar-refractivity contribution in [1.82, 2.24) is 25.5 Å². The van der Waals surface area contributed by atoms with E-state index in [4.69, 9.17) is 11.6 Å². The Morgan fingerprint density at radius 2 is 2.09 bits per heavy atom. The lowest BCUT2D eigenvalue weighted by Gasteiger charge is -2.11. The minimum Gasteiger partial charge on any atom is -0.355 e. The van der Waals surface area contributed by atoms with Gasteiger partial charge < -0.3 is 20.5 Å². The molecule has 0 saturated heterocycles. The van der Waals surface area contributed by atoms with E-state index < -0.39 is 0 Å². The largest absolute Gasteiger partial charge is 0.355 e. The summed E-state index contributed by atoms with van der Waals surface area (Å²) >= 11 is 5.93. The number of imidazole rings is 1. The summed E-state index contributed by atoms with van der Waals surface area (Å²) in [6.07, 6.45) is 1.47. The summed E-state index contributed by atoms with van der Waals surface area (Å²) in [5, 5.41) is 5.93. The van der Waals surface area contributed by atoms with Gasteiger partial charge in [0.1, 0.15) is 5.82 Å². The maximum atomic E-state index is 11.6. The van der Waals surface area contributed by atoms with Crippen molar-refractivity contribution in [2.45, 2.75) is 12.8 Å². The van der Waals surface area contributed by atoms with Crippen molar-refractivity contribution in [3.63, 3.8) is 0 Å². The zero-order valence-corrected chi connectivity index (χ0v) is 13.9. The van der Waals surface area contributed by atoms with Crippen molar-refractivity contribution in [3.8, 4) is 0 Å². The number of urea groups is 1. The van der Waals surface area contributed by atoms with Crippen LogP contribution in [0.1, 0.15) is 12.2 Å². The molecule has 0 spiro atoms. The van der Waals surface area contributed by atoms with E-state index in [0.717, 1.165) is 29.7 Å². The number of amides is 3. The van der Waals surface area contributed by atoms with E-state index in [1.54, 1.807) is 20.2 Å². The zero-order valence-electron chi connectivity index (χ0n) is 13.1. The normalized spacial score (nSPS) is 10.6. The lowest BCUT2D eigenvalue weighted by molar-refractivity contribution is -0.120. The van der Waals surface area contributed by atoms with Crippen LogP contribution in [0.3, 0.4) is 0 Å². The quantitative estimate of drug-likeness (QED) is 0.698. The molecule has 0 aliphatic heterocycles. The van der Waals surface area contributed by atoms with E-state index in [1.165, 1.54) is 4.90 Å². The Hall–Kier alpha value is -2.28. The van der Waals surface area contributed by atoms with Crippen LogP contribution in [0.2, 0.25) is 5.02 Å². The summed E-state index contributed by atoms with van der Waals surface area (Å²) < 4.78 is 0. The minimum absolute atomic E-state index is 0.0276. The Morgan fingerprint density at radius 1 is 1.30 bits per heavy atom. The van der Waals surface area contributed by atoms with E-state index in [0.29, 0.717) is 11.6 Å². The molecule has 3 N–H and O–H groups in total. The molecule has 8 heteroatoms. The van der Waals surface area contributed by atoms with E-state index in [9.17, 15) is 9.59 Å². The molecule has 2 aromatic rings. The highest BCUT2D eigenvalue weighted by atomic mass is 35.5. The van der Waals surface area contributed by atoms with E-state index in [2.05, 4.69) is 20.6 Å². The molecule has 1 heterocycles. The van der Waals surface area contributed by atoms with Gasteiger partial charge in [0.25, 0.3) is 0 Å². The van der Waals surface area contributed by atoms with E-state index in [-0.39, 0.29) is 18.5 Å². The fourth-order valence-electron chi connectivity index (χ4n) is 2.01. The van der Waals surface area contributed by atoms with Gasteiger partial charge in [-0.2, -0.15) is 0 Å². The van der Waals surface area contributed by atoms with Crippen molar-refractivity contribution in [2.75, 3.05) is 27.2 Å². The number of nitrogens with zero attached hydrogens (tertiary/aromatic N) is 2. The molecule has 0 atom stereocenters. The van der Waals surface area contributed by atoms with Crippen LogP contribution < -0.4 is 10.6 Å². The highest BCUT2D eigenvalue weighted by Gasteiger charge is 2.07. The highest BCUT2D eigenvalue weighted by Crippen LogP contribution is 2.17. The number of H-pyrrole nitrogens is 1. The van der Waals surface area contributed by atoms with Gasteiger partial charge in [0.2, 0.25) is 5.91 Å². The molecular weight excluding hydrogens is 318 g/mol. The molecule has 124 valence electrons. The van der Waals surface area contributed by atoms with Crippen LogP contribution >= 0.6 is 11.6 Å². The number of carbonyl (C=O) groups is 2. The Morgan fingerprint density at radius 3 is 2.83 bits per heavy atom. The number of hydrogen-bond donors (Lipinski definition) is 3. The standard InChI is InChI=1S/C15H20ClN5O2/c1-21(2)15(23)18-9-14(22)17-7-3-4-13-19-11-6-5-10(16)8-12(11)20-13/h5-6,8H,3-4,7,9H2,1-2H3,(H,17,22)(H,18,23)(H,19,20). The highest BCUT2D eigenvalue weighted by molar-refractivity contribution is 6.31. The molecule has 1 aromatic carbocycles. The molecule has 0 saturated carbocycles. The number of fused-ring (bicyclic) bond motifs is 1. The second-order valence-corrected chi connectivity index (χ2v) is 5.79. The molecule has 0 aliphatic rings. The Kier molecular flexibility index (Phi) is 5.81. The van der Waals surface area contributed by atoms with Crippen LogP contribution in [0.4, 0.5) is 4.79 Å². The maximum absolute atomic E-state index is 11.6. The van der Waals surface area contributed by atoms with Crippen molar-refractivity contribution in [1.29, 1.82) is 0 Å². The van der Waals surface area contributed by atoms with Gasteiger partial charge in [0.05, 0.1) is 17.6 Å². The van der Waals surface area contributed by atoms with Gasteiger partial charge in [0.15, 0.2) is 0 Å². The van der Waals surface area contributed by atoms with Crippen LogP contribution in [0.25, 0.3) is 11.0 Å². The molecule has 7 nitrogen and oxygen atoms in total. The minimum atomic E-state index is -0.291. The topological polar surface area (TPSA) is 90.1 Å². The number of aryl methyl sites for hydroxylation is 1. The molecular formula is C15H20ClN5O2. The third-order valence-electron chi connectivity index (χ3n) is 3.21. The lowest BCUT2D eigenvalue weighted by Crippen LogP contribution is -2.41. The number of hydrogen-bond acceptors (Lipinski definition) is 3. The van der Waals surface area contributed by atoms with Crippen LogP contribution in [-0.4, -0.2) is 54.0 Å². The van der Waals surface area contributed by atoms with Gasteiger partial charge in [-0.3, -0.25) is 4.79 Å². The summed E-state index contributed by atoms with van der Waals surface area (Å²) in [6, 6.07) is 5.22. The summed E-state index contributed by atoms with van der Waals surface area (Å²) in [5.41, 5.74) is 1.78. The van der Waals surface area contributed by atoms with Gasteiger partial charge in [-0.25, -0.2) is 9.78 Å². The second-order valence-electron chi connectivity index (χ2n) is 5.35. The monoisotopic (exact) mass is 337 g/mol. The number of aromatic amines is 1. The summed E-state index contributed by atoms with van der Waals surface area (Å²) in [5.74, 6) is 0.647. The Balaban J connectivity index is 1.70. The van der Waals surface area contributed by atoms with Crippen LogP contribution in [0, 0.1) is 0 Å². The van der Waals surface area contributed by atoms with E-state index in [1.807, 2.05) is 12.1 Å². The number of carbonyl (C=O) groups excluding carboxylic acids is 2. The van der Waals surface area contributed by atoms with Crippen molar-refractivity contribution in [3.05, 3.63) is 29.0 Å². The van der Waals surface area contributed by atoms with Crippen molar-refractivity contribution >= 4 is 34.6 Å².